The molecule has 0 spiro atoms. The second kappa shape index (κ2) is 6.26. The van der Waals surface area contributed by atoms with Gasteiger partial charge in [-0.2, -0.15) is 0 Å². The molecule has 0 aromatic heterocycles. The molecule has 0 bridgehead atoms. The summed E-state index contributed by atoms with van der Waals surface area (Å²) in [6, 6.07) is 4.19. The summed E-state index contributed by atoms with van der Waals surface area (Å²) in [4.78, 5) is 0.666. The molecule has 1 aromatic rings. The van der Waals surface area contributed by atoms with E-state index in [1.54, 1.807) is 6.92 Å². The number of hydrogen-bond donors (Lipinski definition) is 1. The van der Waals surface area contributed by atoms with Gasteiger partial charge >= 0.3 is 0 Å². The molecule has 0 fully saturated rings. The first-order valence-corrected chi connectivity index (χ1v) is 8.13. The number of halogens is 1. The van der Waals surface area contributed by atoms with Crippen molar-refractivity contribution in [1.29, 1.82) is 0 Å². The summed E-state index contributed by atoms with van der Waals surface area (Å²) >= 11 is 1.38. The maximum Gasteiger partial charge on any atom is 0.150 e. The first kappa shape index (κ1) is 14.3. The van der Waals surface area contributed by atoms with Crippen LogP contribution in [0.4, 0.5) is 10.1 Å². The number of sulfone groups is 1. The van der Waals surface area contributed by atoms with E-state index in [2.05, 4.69) is 0 Å². The predicted molar refractivity (Wildman–Crippen MR) is 70.5 cm³/mol. The number of hydrogen-bond acceptors (Lipinski definition) is 4. The maximum atomic E-state index is 12.9. The number of nitrogen functional groups attached to an aromatic ring is 1. The lowest BCUT2D eigenvalue weighted by molar-refractivity contribution is 0.596. The van der Waals surface area contributed by atoms with Crippen LogP contribution in [0, 0.1) is 5.82 Å². The topological polar surface area (TPSA) is 60.2 Å². The Kier molecular flexibility index (Phi) is 5.27. The van der Waals surface area contributed by atoms with Gasteiger partial charge in [0.1, 0.15) is 15.7 Å². The standard InChI is InChI=1S/C11H16FNO2S2/c1-2-17(14,15)7-3-6-16-11-8-9(12)4-5-10(11)13/h4-5,8H,2-3,6-7,13H2,1H3. The van der Waals surface area contributed by atoms with Gasteiger partial charge in [-0.1, -0.05) is 6.92 Å². The van der Waals surface area contributed by atoms with Crippen molar-refractivity contribution >= 4 is 27.3 Å². The fraction of sp³-hybridized carbons (Fsp3) is 0.455. The summed E-state index contributed by atoms with van der Waals surface area (Å²) in [5, 5.41) is 0. The molecule has 0 saturated heterocycles. The van der Waals surface area contributed by atoms with Crippen LogP contribution in [-0.2, 0) is 9.84 Å². The van der Waals surface area contributed by atoms with Crippen molar-refractivity contribution in [3.63, 3.8) is 0 Å². The minimum Gasteiger partial charge on any atom is -0.398 e. The monoisotopic (exact) mass is 277 g/mol. The van der Waals surface area contributed by atoms with Crippen molar-refractivity contribution in [1.82, 2.24) is 0 Å². The fourth-order valence-corrected chi connectivity index (χ4v) is 3.23. The Morgan fingerprint density at radius 1 is 1.41 bits per heavy atom. The van der Waals surface area contributed by atoms with Crippen molar-refractivity contribution in [2.75, 3.05) is 23.0 Å². The van der Waals surface area contributed by atoms with Crippen LogP contribution in [0.5, 0.6) is 0 Å². The Labute approximate surface area is 106 Å². The van der Waals surface area contributed by atoms with Crippen LogP contribution in [0.1, 0.15) is 13.3 Å². The van der Waals surface area contributed by atoms with Gasteiger partial charge in [0.25, 0.3) is 0 Å². The van der Waals surface area contributed by atoms with E-state index < -0.39 is 9.84 Å². The molecule has 1 rings (SSSR count). The lowest BCUT2D eigenvalue weighted by atomic mass is 10.3. The molecule has 0 saturated carbocycles. The highest BCUT2D eigenvalue weighted by atomic mass is 32.2. The van der Waals surface area contributed by atoms with Crippen molar-refractivity contribution in [2.45, 2.75) is 18.2 Å². The first-order valence-electron chi connectivity index (χ1n) is 5.33. The van der Waals surface area contributed by atoms with E-state index in [-0.39, 0.29) is 17.3 Å². The van der Waals surface area contributed by atoms with Gasteiger partial charge in [0.05, 0.1) is 5.75 Å². The average Bonchev–Trinajstić information content (AvgIpc) is 2.29. The van der Waals surface area contributed by atoms with Crippen LogP contribution >= 0.6 is 11.8 Å². The third-order valence-corrected chi connectivity index (χ3v) is 5.22. The molecule has 17 heavy (non-hydrogen) atoms. The highest BCUT2D eigenvalue weighted by molar-refractivity contribution is 7.99. The summed E-state index contributed by atoms with van der Waals surface area (Å²) in [5.74, 6) is 0.626. The van der Waals surface area contributed by atoms with Gasteiger partial charge in [0.2, 0.25) is 0 Å². The van der Waals surface area contributed by atoms with Crippen molar-refractivity contribution in [3.8, 4) is 0 Å². The number of anilines is 1. The molecule has 3 nitrogen and oxygen atoms in total. The van der Waals surface area contributed by atoms with Gasteiger partial charge in [0.15, 0.2) is 0 Å². The lowest BCUT2D eigenvalue weighted by Crippen LogP contribution is -2.09. The molecule has 0 aliphatic rings. The molecular weight excluding hydrogens is 261 g/mol. The molecule has 6 heteroatoms. The summed E-state index contributed by atoms with van der Waals surface area (Å²) < 4.78 is 35.4. The van der Waals surface area contributed by atoms with E-state index in [0.29, 0.717) is 22.8 Å². The van der Waals surface area contributed by atoms with Gasteiger partial charge in [0, 0.05) is 16.3 Å². The fourth-order valence-electron chi connectivity index (χ4n) is 1.24. The van der Waals surface area contributed by atoms with E-state index in [1.807, 2.05) is 0 Å². The molecule has 0 amide bonds. The summed E-state index contributed by atoms with van der Waals surface area (Å²) in [6.45, 7) is 1.63. The minimum absolute atomic E-state index is 0.166. The molecule has 1 aromatic carbocycles. The minimum atomic E-state index is -2.91. The SMILES string of the molecule is CCS(=O)(=O)CCCSc1cc(F)ccc1N. The zero-order valence-electron chi connectivity index (χ0n) is 9.65. The smallest absolute Gasteiger partial charge is 0.150 e. The molecule has 0 aliphatic carbocycles. The summed E-state index contributed by atoms with van der Waals surface area (Å²) in [6.07, 6.45) is 0.552. The molecule has 0 atom stereocenters. The molecule has 96 valence electrons. The van der Waals surface area contributed by atoms with Crippen molar-refractivity contribution < 1.29 is 12.8 Å². The third kappa shape index (κ3) is 4.95. The largest absolute Gasteiger partial charge is 0.398 e. The van der Waals surface area contributed by atoms with Crippen molar-refractivity contribution in [3.05, 3.63) is 24.0 Å². The summed E-state index contributed by atoms with van der Waals surface area (Å²) in [7, 11) is -2.91. The predicted octanol–water partition coefficient (Wildman–Crippen LogP) is 2.32. The number of rotatable bonds is 6. The highest BCUT2D eigenvalue weighted by Gasteiger charge is 2.07. The van der Waals surface area contributed by atoms with E-state index in [9.17, 15) is 12.8 Å². The molecule has 0 heterocycles. The average molecular weight is 277 g/mol. The van der Waals surface area contributed by atoms with E-state index >= 15 is 0 Å². The molecule has 0 aliphatic heterocycles. The Morgan fingerprint density at radius 2 is 2.12 bits per heavy atom. The number of thioether (sulfide) groups is 1. The molecule has 0 unspecified atom stereocenters. The Morgan fingerprint density at radius 3 is 2.76 bits per heavy atom. The normalized spacial score (nSPS) is 11.6. The summed E-state index contributed by atoms with van der Waals surface area (Å²) in [5.41, 5.74) is 6.20. The Balaban J connectivity index is 2.44. The van der Waals surface area contributed by atoms with E-state index in [0.717, 1.165) is 0 Å². The van der Waals surface area contributed by atoms with E-state index in [1.165, 1.54) is 30.0 Å². The Hall–Kier alpha value is -0.750. The van der Waals surface area contributed by atoms with Crippen LogP contribution in [-0.4, -0.2) is 25.7 Å². The van der Waals surface area contributed by atoms with Crippen LogP contribution in [0.3, 0.4) is 0 Å². The van der Waals surface area contributed by atoms with Gasteiger partial charge in [-0.25, -0.2) is 12.8 Å². The molecule has 2 N–H and O–H groups in total. The highest BCUT2D eigenvalue weighted by Crippen LogP contribution is 2.26. The van der Waals surface area contributed by atoms with Gasteiger partial charge in [-0.15, -0.1) is 11.8 Å². The van der Waals surface area contributed by atoms with Crippen LogP contribution in [0.25, 0.3) is 0 Å². The van der Waals surface area contributed by atoms with Gasteiger partial charge in [-0.3, -0.25) is 0 Å². The van der Waals surface area contributed by atoms with Crippen LogP contribution in [0.2, 0.25) is 0 Å². The molecule has 0 radical (unpaired) electrons. The number of nitrogens with two attached hydrogens (primary N) is 1. The van der Waals surface area contributed by atoms with Crippen LogP contribution in [0.15, 0.2) is 23.1 Å². The molecular formula is C11H16FNO2S2. The maximum absolute atomic E-state index is 12.9. The second-order valence-corrected chi connectivity index (χ2v) is 7.23. The third-order valence-electron chi connectivity index (χ3n) is 2.27. The van der Waals surface area contributed by atoms with Gasteiger partial charge in [-0.05, 0) is 30.4 Å². The van der Waals surface area contributed by atoms with Crippen LogP contribution < -0.4 is 5.73 Å². The Bertz CT molecular complexity index is 474. The lowest BCUT2D eigenvalue weighted by Gasteiger charge is -2.05. The quantitative estimate of drug-likeness (QED) is 0.492. The second-order valence-electron chi connectivity index (χ2n) is 3.62. The zero-order valence-corrected chi connectivity index (χ0v) is 11.3. The van der Waals surface area contributed by atoms with Gasteiger partial charge < -0.3 is 5.73 Å². The van der Waals surface area contributed by atoms with Crippen molar-refractivity contribution in [2.24, 2.45) is 0 Å². The zero-order chi connectivity index (χ0) is 12.9. The van der Waals surface area contributed by atoms with E-state index in [4.69, 9.17) is 5.73 Å². The number of benzene rings is 1. The first-order chi connectivity index (χ1) is 7.94.